The van der Waals surface area contributed by atoms with Gasteiger partial charge in [0.15, 0.2) is 6.54 Å². The first-order chi connectivity index (χ1) is 13.9. The van der Waals surface area contributed by atoms with Gasteiger partial charge in [-0.15, -0.1) is 0 Å². The van der Waals surface area contributed by atoms with Crippen LogP contribution in [0.1, 0.15) is 29.3 Å². The number of nitrogens with zero attached hydrogens (tertiary/aromatic N) is 1. The van der Waals surface area contributed by atoms with Crippen molar-refractivity contribution in [1.29, 1.82) is 0 Å². The first-order valence-corrected chi connectivity index (χ1v) is 9.72. The molecule has 2 aromatic carbocycles. The van der Waals surface area contributed by atoms with Gasteiger partial charge in [-0.05, 0) is 31.2 Å². The van der Waals surface area contributed by atoms with Gasteiger partial charge in [-0.2, -0.15) is 0 Å². The summed E-state index contributed by atoms with van der Waals surface area (Å²) >= 11 is 0. The zero-order valence-electron chi connectivity index (χ0n) is 17.0. The summed E-state index contributed by atoms with van der Waals surface area (Å²) in [6, 6.07) is 14.6. The van der Waals surface area contributed by atoms with Gasteiger partial charge in [-0.1, -0.05) is 24.3 Å². The van der Waals surface area contributed by atoms with Crippen LogP contribution in [0.5, 0.6) is 0 Å². The molecule has 3 rings (SSSR count). The number of amides is 3. The van der Waals surface area contributed by atoms with Crippen LogP contribution in [0.2, 0.25) is 0 Å². The van der Waals surface area contributed by atoms with Gasteiger partial charge in [0.25, 0.3) is 11.8 Å². The highest BCUT2D eigenvalue weighted by atomic mass is 16.2. The molecule has 1 aliphatic rings. The topological polar surface area (TPSA) is 82.9 Å². The van der Waals surface area contributed by atoms with Crippen molar-refractivity contribution in [3.63, 3.8) is 0 Å². The molecular formula is C22H27N4O3+. The van der Waals surface area contributed by atoms with E-state index >= 15 is 0 Å². The molecule has 2 aromatic rings. The Bertz CT molecular complexity index is 911. The minimum atomic E-state index is -0.217. The largest absolute Gasteiger partial charge is 0.355 e. The fourth-order valence-electron chi connectivity index (χ4n) is 3.64. The van der Waals surface area contributed by atoms with E-state index in [1.54, 1.807) is 24.1 Å². The van der Waals surface area contributed by atoms with Crippen LogP contribution in [0.4, 0.5) is 11.4 Å². The number of para-hydroxylation sites is 2. The molecule has 1 unspecified atom stereocenters. The molecule has 7 heteroatoms. The number of anilines is 2. The van der Waals surface area contributed by atoms with Gasteiger partial charge in [0, 0.05) is 30.6 Å². The van der Waals surface area contributed by atoms with Gasteiger partial charge in [0.05, 0.1) is 18.4 Å². The number of carbonyl (C=O) groups is 3. The molecule has 0 spiro atoms. The molecule has 1 heterocycles. The van der Waals surface area contributed by atoms with Crippen LogP contribution < -0.4 is 20.4 Å². The summed E-state index contributed by atoms with van der Waals surface area (Å²) in [6.45, 7) is 2.84. The molecule has 2 atom stereocenters. The lowest BCUT2D eigenvalue weighted by molar-refractivity contribution is -0.885. The molecular weight excluding hydrogens is 368 g/mol. The normalized spacial score (nSPS) is 17.0. The number of benzene rings is 2. The highest BCUT2D eigenvalue weighted by molar-refractivity contribution is 6.04. The summed E-state index contributed by atoms with van der Waals surface area (Å²) < 4.78 is 0. The zero-order valence-corrected chi connectivity index (χ0v) is 17.0. The summed E-state index contributed by atoms with van der Waals surface area (Å²) in [5.41, 5.74) is 3.05. The van der Waals surface area contributed by atoms with Crippen molar-refractivity contribution < 1.29 is 19.3 Å². The molecule has 29 heavy (non-hydrogen) atoms. The van der Waals surface area contributed by atoms with Gasteiger partial charge in [0.2, 0.25) is 5.91 Å². The van der Waals surface area contributed by atoms with Crippen LogP contribution in [0, 0.1) is 0 Å². The lowest BCUT2D eigenvalue weighted by atomic mass is 10.1. The zero-order chi connectivity index (χ0) is 21.0. The Morgan fingerprint density at radius 3 is 2.55 bits per heavy atom. The third-order valence-electron chi connectivity index (χ3n) is 5.03. The third-order valence-corrected chi connectivity index (χ3v) is 5.03. The molecule has 3 amide bonds. The van der Waals surface area contributed by atoms with Crippen LogP contribution in [-0.2, 0) is 16.1 Å². The second kappa shape index (κ2) is 8.87. The molecule has 0 radical (unpaired) electrons. The van der Waals surface area contributed by atoms with Crippen LogP contribution in [-0.4, -0.2) is 44.4 Å². The highest BCUT2D eigenvalue weighted by Crippen LogP contribution is 2.31. The summed E-state index contributed by atoms with van der Waals surface area (Å²) in [4.78, 5) is 39.6. The van der Waals surface area contributed by atoms with E-state index in [1.165, 1.54) is 0 Å². The van der Waals surface area contributed by atoms with Crippen molar-refractivity contribution in [1.82, 2.24) is 5.32 Å². The molecule has 1 aliphatic heterocycles. The average molecular weight is 395 g/mol. The Balaban J connectivity index is 1.70. The van der Waals surface area contributed by atoms with E-state index in [0.29, 0.717) is 24.3 Å². The third kappa shape index (κ3) is 4.81. The van der Waals surface area contributed by atoms with E-state index in [0.717, 1.165) is 16.2 Å². The fraction of sp³-hybridized carbons (Fsp3) is 0.318. The molecule has 3 N–H and O–H groups in total. The number of nitrogens with one attached hydrogen (secondary N) is 3. The minimum Gasteiger partial charge on any atom is -0.355 e. The first kappa shape index (κ1) is 20.5. The number of carbonyl (C=O) groups excluding carboxylic acids is 3. The summed E-state index contributed by atoms with van der Waals surface area (Å²) in [5, 5.41) is 5.48. The van der Waals surface area contributed by atoms with Crippen LogP contribution in [0.15, 0.2) is 48.5 Å². The SMILES string of the molecule is CNC(=O)c1ccc(C[NH+](C)CC(=O)N2c3ccccc3NC(=O)C[C@H]2C)cc1. The molecule has 0 aromatic heterocycles. The molecule has 0 saturated heterocycles. The van der Waals surface area contributed by atoms with Crippen molar-refractivity contribution in [2.75, 3.05) is 30.9 Å². The number of fused-ring (bicyclic) bond motifs is 1. The van der Waals surface area contributed by atoms with Crippen LogP contribution >= 0.6 is 0 Å². The maximum atomic E-state index is 13.1. The minimum absolute atomic E-state index is 0.0269. The highest BCUT2D eigenvalue weighted by Gasteiger charge is 2.30. The van der Waals surface area contributed by atoms with Gasteiger partial charge < -0.3 is 20.4 Å². The Morgan fingerprint density at radius 2 is 1.86 bits per heavy atom. The molecule has 0 saturated carbocycles. The summed E-state index contributed by atoms with van der Waals surface area (Å²) in [6.07, 6.45) is 0.264. The molecule has 152 valence electrons. The van der Waals surface area contributed by atoms with Crippen molar-refractivity contribution in [3.05, 3.63) is 59.7 Å². The van der Waals surface area contributed by atoms with E-state index in [9.17, 15) is 14.4 Å². The fourth-order valence-corrected chi connectivity index (χ4v) is 3.64. The number of hydrogen-bond acceptors (Lipinski definition) is 3. The number of quaternary nitrogens is 1. The quantitative estimate of drug-likeness (QED) is 0.701. The van der Waals surface area contributed by atoms with E-state index in [4.69, 9.17) is 0 Å². The van der Waals surface area contributed by atoms with Crippen molar-refractivity contribution in [3.8, 4) is 0 Å². The monoisotopic (exact) mass is 395 g/mol. The van der Waals surface area contributed by atoms with Gasteiger partial charge in [-0.3, -0.25) is 14.4 Å². The standard InChI is InChI=1S/C22H26N4O3/c1-15-12-20(27)24-18-6-4-5-7-19(18)26(15)21(28)14-25(3)13-16-8-10-17(11-9-16)22(29)23-2/h4-11,15H,12-14H2,1-3H3,(H,23,29)(H,24,27)/p+1/t15-/m1/s1. The lowest BCUT2D eigenvalue weighted by Gasteiger charge is -2.28. The number of likely N-dealkylation sites (N-methyl/N-ethyl adjacent to an activating group) is 1. The maximum absolute atomic E-state index is 13.1. The van der Waals surface area contributed by atoms with E-state index < -0.39 is 0 Å². The van der Waals surface area contributed by atoms with Crippen molar-refractivity contribution in [2.24, 2.45) is 0 Å². The second-order valence-corrected chi connectivity index (χ2v) is 7.47. The predicted molar refractivity (Wildman–Crippen MR) is 112 cm³/mol. The van der Waals surface area contributed by atoms with E-state index in [2.05, 4.69) is 10.6 Å². The molecule has 7 nitrogen and oxygen atoms in total. The number of hydrogen-bond donors (Lipinski definition) is 3. The summed E-state index contributed by atoms with van der Waals surface area (Å²) in [7, 11) is 3.56. The second-order valence-electron chi connectivity index (χ2n) is 7.47. The van der Waals surface area contributed by atoms with Gasteiger partial charge >= 0.3 is 0 Å². The summed E-state index contributed by atoms with van der Waals surface area (Å²) in [5.74, 6) is -0.234. The van der Waals surface area contributed by atoms with Crippen LogP contribution in [0.3, 0.4) is 0 Å². The Hall–Kier alpha value is -3.19. The Morgan fingerprint density at radius 1 is 1.17 bits per heavy atom. The molecule has 0 bridgehead atoms. The van der Waals surface area contributed by atoms with Crippen molar-refractivity contribution in [2.45, 2.75) is 25.9 Å². The molecule has 0 fully saturated rings. The van der Waals surface area contributed by atoms with E-state index in [1.807, 2.05) is 50.4 Å². The van der Waals surface area contributed by atoms with Crippen molar-refractivity contribution >= 4 is 29.1 Å². The maximum Gasteiger partial charge on any atom is 0.282 e. The molecule has 0 aliphatic carbocycles. The Labute approximate surface area is 170 Å². The van der Waals surface area contributed by atoms with E-state index in [-0.39, 0.29) is 30.2 Å². The first-order valence-electron chi connectivity index (χ1n) is 9.72. The Kier molecular flexibility index (Phi) is 6.29. The predicted octanol–water partition coefficient (Wildman–Crippen LogP) is 0.825. The van der Waals surface area contributed by atoms with Gasteiger partial charge in [0.1, 0.15) is 6.54 Å². The van der Waals surface area contributed by atoms with Gasteiger partial charge in [-0.25, -0.2) is 0 Å². The lowest BCUT2D eigenvalue weighted by Crippen LogP contribution is -3.09. The smallest absolute Gasteiger partial charge is 0.282 e. The number of rotatable bonds is 5. The average Bonchev–Trinajstić information content (AvgIpc) is 2.81. The van der Waals surface area contributed by atoms with Crippen LogP contribution in [0.25, 0.3) is 0 Å².